The van der Waals surface area contributed by atoms with Gasteiger partial charge in [-0.25, -0.2) is 9.18 Å². The van der Waals surface area contributed by atoms with Crippen LogP contribution in [-0.2, 0) is 0 Å². The Kier molecular flexibility index (Phi) is 5.74. The summed E-state index contributed by atoms with van der Waals surface area (Å²) in [6, 6.07) is 21.2. The quantitative estimate of drug-likeness (QED) is 0.475. The zero-order chi connectivity index (χ0) is 19.1. The predicted molar refractivity (Wildman–Crippen MR) is 105 cm³/mol. The molecule has 3 rings (SSSR count). The molecular weight excluding hydrogens is 343 g/mol. The van der Waals surface area contributed by atoms with Gasteiger partial charge in [0.25, 0.3) is 0 Å². The molecule has 5 heteroatoms. The van der Waals surface area contributed by atoms with Crippen molar-refractivity contribution in [2.45, 2.75) is 0 Å². The zero-order valence-electron chi connectivity index (χ0n) is 14.4. The summed E-state index contributed by atoms with van der Waals surface area (Å²) in [6.45, 7) is 0. The largest absolute Gasteiger partial charge is 0.323 e. The summed E-state index contributed by atoms with van der Waals surface area (Å²) in [6.07, 6.45) is 3.05. The lowest BCUT2D eigenvalue weighted by atomic mass is 10.1. The van der Waals surface area contributed by atoms with Crippen molar-refractivity contribution < 1.29 is 14.0 Å². The zero-order valence-corrected chi connectivity index (χ0v) is 14.4. The van der Waals surface area contributed by atoms with E-state index in [1.807, 2.05) is 18.2 Å². The van der Waals surface area contributed by atoms with E-state index in [-0.39, 0.29) is 17.6 Å². The van der Waals surface area contributed by atoms with Crippen molar-refractivity contribution in [3.63, 3.8) is 0 Å². The second-order valence-corrected chi connectivity index (χ2v) is 5.77. The highest BCUT2D eigenvalue weighted by Crippen LogP contribution is 2.13. The molecule has 0 aliphatic heterocycles. The molecule has 0 heterocycles. The number of benzene rings is 3. The fourth-order valence-corrected chi connectivity index (χ4v) is 2.37. The van der Waals surface area contributed by atoms with E-state index in [0.717, 1.165) is 5.56 Å². The predicted octanol–water partition coefficient (Wildman–Crippen LogP) is 5.37. The lowest BCUT2D eigenvalue weighted by molar-refractivity contribution is 0.104. The highest BCUT2D eigenvalue weighted by Gasteiger charge is 2.05. The first-order valence-corrected chi connectivity index (χ1v) is 8.31. The van der Waals surface area contributed by atoms with Crippen LogP contribution < -0.4 is 10.6 Å². The summed E-state index contributed by atoms with van der Waals surface area (Å²) in [5, 5.41) is 5.42. The Labute approximate surface area is 156 Å². The van der Waals surface area contributed by atoms with Gasteiger partial charge in [-0.2, -0.15) is 0 Å². The number of halogens is 1. The van der Waals surface area contributed by atoms with Crippen LogP contribution in [0.2, 0.25) is 0 Å². The Balaban J connectivity index is 1.58. The summed E-state index contributed by atoms with van der Waals surface area (Å²) in [5.74, 6) is -0.502. The van der Waals surface area contributed by atoms with Gasteiger partial charge in [-0.05, 0) is 60.2 Å². The number of nitrogens with one attached hydrogen (secondary N) is 2. The molecule has 2 N–H and O–H groups in total. The van der Waals surface area contributed by atoms with Crippen molar-refractivity contribution in [1.82, 2.24) is 0 Å². The molecule has 0 bridgehead atoms. The van der Waals surface area contributed by atoms with Crippen LogP contribution in [0.4, 0.5) is 20.6 Å². The van der Waals surface area contributed by atoms with Crippen molar-refractivity contribution in [2.24, 2.45) is 0 Å². The van der Waals surface area contributed by atoms with Crippen molar-refractivity contribution in [3.8, 4) is 0 Å². The van der Waals surface area contributed by atoms with Gasteiger partial charge in [0.15, 0.2) is 5.78 Å². The van der Waals surface area contributed by atoms with E-state index in [2.05, 4.69) is 10.6 Å². The van der Waals surface area contributed by atoms with E-state index in [1.165, 1.54) is 18.2 Å². The summed E-state index contributed by atoms with van der Waals surface area (Å²) in [5.41, 5.74) is 2.48. The second kappa shape index (κ2) is 8.58. The molecule has 0 aliphatic carbocycles. The van der Waals surface area contributed by atoms with Crippen molar-refractivity contribution in [1.29, 1.82) is 0 Å². The van der Waals surface area contributed by atoms with E-state index in [9.17, 15) is 14.0 Å². The number of carbonyl (C=O) groups excluding carboxylic acids is 2. The molecule has 0 spiro atoms. The standard InChI is InChI=1S/C22H17FN2O2/c23-18-11-6-16(7-12-18)8-15-21(26)17-9-13-20(14-10-17)25-22(27)24-19-4-2-1-3-5-19/h1-15H,(H2,24,25,27)/b15-8+. The van der Waals surface area contributed by atoms with E-state index < -0.39 is 0 Å². The molecule has 0 aliphatic rings. The Bertz CT molecular complexity index is 950. The van der Waals surface area contributed by atoms with Crippen LogP contribution in [0.5, 0.6) is 0 Å². The van der Waals surface area contributed by atoms with Gasteiger partial charge in [-0.15, -0.1) is 0 Å². The number of hydrogen-bond acceptors (Lipinski definition) is 2. The number of allylic oxidation sites excluding steroid dienone is 1. The third-order valence-corrected chi connectivity index (χ3v) is 3.76. The number of carbonyl (C=O) groups is 2. The van der Waals surface area contributed by atoms with Gasteiger partial charge >= 0.3 is 6.03 Å². The van der Waals surface area contributed by atoms with Gasteiger partial charge in [0, 0.05) is 16.9 Å². The van der Waals surface area contributed by atoms with Gasteiger partial charge in [-0.1, -0.05) is 36.4 Å². The molecular formula is C22H17FN2O2. The van der Waals surface area contributed by atoms with Crippen LogP contribution in [0.3, 0.4) is 0 Å². The van der Waals surface area contributed by atoms with Crippen LogP contribution in [0, 0.1) is 5.82 Å². The van der Waals surface area contributed by atoms with Gasteiger partial charge in [0.1, 0.15) is 5.82 Å². The van der Waals surface area contributed by atoms with Crippen LogP contribution in [0.25, 0.3) is 6.08 Å². The SMILES string of the molecule is O=C(Nc1ccccc1)Nc1ccc(C(=O)/C=C/c2ccc(F)cc2)cc1. The fourth-order valence-electron chi connectivity index (χ4n) is 2.37. The van der Waals surface area contributed by atoms with Crippen LogP contribution in [-0.4, -0.2) is 11.8 Å². The molecule has 0 aromatic heterocycles. The highest BCUT2D eigenvalue weighted by molar-refractivity contribution is 6.07. The maximum absolute atomic E-state index is 12.9. The first kappa shape index (κ1) is 18.1. The van der Waals surface area contributed by atoms with E-state index in [4.69, 9.17) is 0 Å². The van der Waals surface area contributed by atoms with Crippen molar-refractivity contribution in [3.05, 3.63) is 102 Å². The monoisotopic (exact) mass is 360 g/mol. The molecule has 0 saturated heterocycles. The van der Waals surface area contributed by atoms with E-state index in [0.29, 0.717) is 16.9 Å². The summed E-state index contributed by atoms with van der Waals surface area (Å²) < 4.78 is 12.9. The Morgan fingerprint density at radius 1 is 0.741 bits per heavy atom. The number of rotatable bonds is 5. The summed E-state index contributed by atoms with van der Waals surface area (Å²) >= 11 is 0. The van der Waals surface area contributed by atoms with Gasteiger partial charge < -0.3 is 10.6 Å². The average molecular weight is 360 g/mol. The minimum atomic E-state index is -0.364. The number of anilines is 2. The van der Waals surface area contributed by atoms with Crippen molar-refractivity contribution >= 4 is 29.3 Å². The molecule has 134 valence electrons. The van der Waals surface area contributed by atoms with Crippen LogP contribution in [0.1, 0.15) is 15.9 Å². The lowest BCUT2D eigenvalue weighted by Crippen LogP contribution is -2.19. The number of amides is 2. The maximum Gasteiger partial charge on any atom is 0.323 e. The van der Waals surface area contributed by atoms with E-state index >= 15 is 0 Å². The van der Waals surface area contributed by atoms with Crippen LogP contribution >= 0.6 is 0 Å². The first-order chi connectivity index (χ1) is 13.1. The fraction of sp³-hybridized carbons (Fsp3) is 0. The summed E-state index contributed by atoms with van der Waals surface area (Å²) in [7, 11) is 0. The third kappa shape index (κ3) is 5.37. The molecule has 2 amide bonds. The molecule has 27 heavy (non-hydrogen) atoms. The topological polar surface area (TPSA) is 58.2 Å². The van der Waals surface area contributed by atoms with Gasteiger partial charge in [0.2, 0.25) is 0 Å². The smallest absolute Gasteiger partial charge is 0.308 e. The van der Waals surface area contributed by atoms with E-state index in [1.54, 1.807) is 54.6 Å². The Hall–Kier alpha value is -3.73. The van der Waals surface area contributed by atoms with Crippen LogP contribution in [0.15, 0.2) is 84.9 Å². The first-order valence-electron chi connectivity index (χ1n) is 8.31. The average Bonchev–Trinajstić information content (AvgIpc) is 2.68. The minimum Gasteiger partial charge on any atom is -0.308 e. The Morgan fingerprint density at radius 2 is 1.33 bits per heavy atom. The van der Waals surface area contributed by atoms with Gasteiger partial charge in [0.05, 0.1) is 0 Å². The number of hydrogen-bond donors (Lipinski definition) is 2. The number of urea groups is 1. The molecule has 0 fully saturated rings. The molecule has 4 nitrogen and oxygen atoms in total. The third-order valence-electron chi connectivity index (χ3n) is 3.76. The molecule has 0 radical (unpaired) electrons. The van der Waals surface area contributed by atoms with Gasteiger partial charge in [-0.3, -0.25) is 4.79 Å². The normalized spacial score (nSPS) is 10.6. The lowest BCUT2D eigenvalue weighted by Gasteiger charge is -2.07. The minimum absolute atomic E-state index is 0.181. The second-order valence-electron chi connectivity index (χ2n) is 5.77. The Morgan fingerprint density at radius 3 is 1.96 bits per heavy atom. The molecule has 0 saturated carbocycles. The number of ketones is 1. The maximum atomic E-state index is 12.9. The number of para-hydroxylation sites is 1. The van der Waals surface area contributed by atoms with Crippen molar-refractivity contribution in [2.75, 3.05) is 10.6 Å². The molecule has 3 aromatic rings. The molecule has 0 unspecified atom stereocenters. The summed E-state index contributed by atoms with van der Waals surface area (Å²) in [4.78, 5) is 24.2. The molecule has 0 atom stereocenters. The molecule has 3 aromatic carbocycles. The highest BCUT2D eigenvalue weighted by atomic mass is 19.1.